The van der Waals surface area contributed by atoms with Gasteiger partial charge in [-0.2, -0.15) is 10.4 Å². The molecule has 1 aromatic carbocycles. The van der Waals surface area contributed by atoms with Gasteiger partial charge in [-0.25, -0.2) is 4.99 Å². The number of hydrogen-bond acceptors (Lipinski definition) is 6. The number of hydrogen-bond donors (Lipinski definition) is 2. The molecule has 6 nitrogen and oxygen atoms in total. The molecular formula is C18H14N4O2. The SMILES string of the molecule is CC1=NNC2=NC(c3ccc(O)cc3)=C(C#N)C(c3ccco3)C12. The van der Waals surface area contributed by atoms with Crippen LogP contribution in [0.2, 0.25) is 0 Å². The van der Waals surface area contributed by atoms with E-state index in [2.05, 4.69) is 21.6 Å². The Hall–Kier alpha value is -3.33. The zero-order valence-electron chi connectivity index (χ0n) is 12.9. The molecule has 0 radical (unpaired) electrons. The zero-order valence-corrected chi connectivity index (χ0v) is 12.9. The number of amidine groups is 1. The molecule has 0 fully saturated rings. The Morgan fingerprint density at radius 2 is 2.00 bits per heavy atom. The van der Waals surface area contributed by atoms with Gasteiger partial charge in [-0.3, -0.25) is 5.43 Å². The molecule has 0 saturated heterocycles. The number of benzene rings is 1. The van der Waals surface area contributed by atoms with E-state index in [0.717, 1.165) is 11.3 Å². The molecule has 2 unspecified atom stereocenters. The van der Waals surface area contributed by atoms with Gasteiger partial charge in [-0.15, -0.1) is 0 Å². The Bertz CT molecular complexity index is 915. The number of fused-ring (bicyclic) bond motifs is 1. The van der Waals surface area contributed by atoms with Crippen molar-refractivity contribution in [3.05, 3.63) is 59.6 Å². The fourth-order valence-corrected chi connectivity index (χ4v) is 3.21. The number of nitrogens with one attached hydrogen (secondary N) is 1. The Balaban J connectivity index is 1.93. The summed E-state index contributed by atoms with van der Waals surface area (Å²) in [5.41, 5.74) is 5.69. The van der Waals surface area contributed by atoms with Crippen LogP contribution in [0.15, 0.2) is 62.7 Å². The van der Waals surface area contributed by atoms with Crippen molar-refractivity contribution in [1.29, 1.82) is 5.26 Å². The third kappa shape index (κ3) is 2.10. The fraction of sp³-hybridized carbons (Fsp3) is 0.167. The van der Waals surface area contributed by atoms with Crippen LogP contribution in [-0.4, -0.2) is 16.7 Å². The van der Waals surface area contributed by atoms with Crippen LogP contribution in [0.25, 0.3) is 5.70 Å². The van der Waals surface area contributed by atoms with Crippen LogP contribution in [0.3, 0.4) is 0 Å². The number of aromatic hydroxyl groups is 1. The second kappa shape index (κ2) is 5.39. The van der Waals surface area contributed by atoms with E-state index in [-0.39, 0.29) is 17.6 Å². The van der Waals surface area contributed by atoms with Crippen molar-refractivity contribution in [2.45, 2.75) is 12.8 Å². The second-order valence-corrected chi connectivity index (χ2v) is 5.75. The number of aliphatic imine (C=N–C) groups is 1. The van der Waals surface area contributed by atoms with Gasteiger partial charge in [0.2, 0.25) is 0 Å². The summed E-state index contributed by atoms with van der Waals surface area (Å²) in [5, 5.41) is 23.6. The summed E-state index contributed by atoms with van der Waals surface area (Å²) in [4.78, 5) is 4.63. The first-order valence-electron chi connectivity index (χ1n) is 7.55. The highest BCUT2D eigenvalue weighted by atomic mass is 16.3. The lowest BCUT2D eigenvalue weighted by Crippen LogP contribution is -2.32. The van der Waals surface area contributed by atoms with Gasteiger partial charge in [0.15, 0.2) is 0 Å². The van der Waals surface area contributed by atoms with Crippen LogP contribution in [-0.2, 0) is 0 Å². The largest absolute Gasteiger partial charge is 0.508 e. The molecule has 6 heteroatoms. The number of furan rings is 1. The van der Waals surface area contributed by atoms with Crippen molar-refractivity contribution >= 4 is 17.2 Å². The summed E-state index contributed by atoms with van der Waals surface area (Å²) in [5.74, 6) is 1.17. The van der Waals surface area contributed by atoms with E-state index in [0.29, 0.717) is 22.9 Å². The van der Waals surface area contributed by atoms with Crippen LogP contribution in [0.4, 0.5) is 0 Å². The summed E-state index contributed by atoms with van der Waals surface area (Å²) < 4.78 is 5.60. The summed E-state index contributed by atoms with van der Waals surface area (Å²) in [6, 6.07) is 12.6. The first kappa shape index (κ1) is 14.3. The molecule has 2 N–H and O–H groups in total. The maximum absolute atomic E-state index is 9.82. The highest BCUT2D eigenvalue weighted by Crippen LogP contribution is 2.43. The fourth-order valence-electron chi connectivity index (χ4n) is 3.21. The topological polar surface area (TPSA) is 93.9 Å². The molecule has 2 aliphatic rings. The normalized spacial score (nSPS) is 22.3. The van der Waals surface area contributed by atoms with Gasteiger partial charge in [-0.05, 0) is 43.3 Å². The average molecular weight is 318 g/mol. The zero-order chi connectivity index (χ0) is 16.7. The predicted molar refractivity (Wildman–Crippen MR) is 89.3 cm³/mol. The molecule has 0 aliphatic carbocycles. The Labute approximate surface area is 138 Å². The monoisotopic (exact) mass is 318 g/mol. The predicted octanol–water partition coefficient (Wildman–Crippen LogP) is 3.01. The minimum atomic E-state index is -0.278. The van der Waals surface area contributed by atoms with Crippen molar-refractivity contribution in [2.24, 2.45) is 16.0 Å². The number of rotatable bonds is 2. The number of phenolic OH excluding ortho intramolecular Hbond substituents is 1. The highest BCUT2D eigenvalue weighted by molar-refractivity contribution is 6.13. The summed E-state index contributed by atoms with van der Waals surface area (Å²) in [6.45, 7) is 1.91. The van der Waals surface area contributed by atoms with Gasteiger partial charge in [0.25, 0.3) is 0 Å². The van der Waals surface area contributed by atoms with Crippen LogP contribution >= 0.6 is 0 Å². The van der Waals surface area contributed by atoms with Crippen molar-refractivity contribution in [2.75, 3.05) is 0 Å². The van der Waals surface area contributed by atoms with E-state index < -0.39 is 0 Å². The standard InChI is InChI=1S/C18H14N4O2/c1-10-15-16(14-3-2-8-24-14)13(9-19)17(20-18(15)22-21-10)11-4-6-12(23)7-5-11/h2-8,15-16,23H,1H3,(H,20,22). The van der Waals surface area contributed by atoms with Crippen LogP contribution in [0, 0.1) is 17.2 Å². The van der Waals surface area contributed by atoms with Crippen LogP contribution in [0.1, 0.15) is 24.2 Å². The van der Waals surface area contributed by atoms with Crippen LogP contribution < -0.4 is 5.43 Å². The van der Waals surface area contributed by atoms with E-state index in [1.807, 2.05) is 19.1 Å². The molecule has 0 saturated carbocycles. The van der Waals surface area contributed by atoms with Gasteiger partial charge in [0.1, 0.15) is 17.3 Å². The van der Waals surface area contributed by atoms with Gasteiger partial charge < -0.3 is 9.52 Å². The van der Waals surface area contributed by atoms with Gasteiger partial charge in [-0.1, -0.05) is 0 Å². The summed E-state index contributed by atoms with van der Waals surface area (Å²) in [7, 11) is 0. The first-order valence-corrected chi connectivity index (χ1v) is 7.55. The molecule has 3 heterocycles. The number of phenols is 1. The number of hydrazone groups is 1. The molecule has 2 atom stereocenters. The first-order chi connectivity index (χ1) is 11.7. The van der Waals surface area contributed by atoms with E-state index in [1.165, 1.54) is 0 Å². The Morgan fingerprint density at radius 3 is 2.67 bits per heavy atom. The lowest BCUT2D eigenvalue weighted by atomic mass is 9.78. The Morgan fingerprint density at radius 1 is 1.21 bits per heavy atom. The second-order valence-electron chi connectivity index (χ2n) is 5.75. The molecule has 1 aromatic heterocycles. The minimum absolute atomic E-state index is 0.133. The van der Waals surface area contributed by atoms with Crippen molar-refractivity contribution < 1.29 is 9.52 Å². The molecule has 2 aromatic rings. The maximum atomic E-state index is 9.82. The number of nitriles is 1. The number of allylic oxidation sites excluding steroid dienone is 1. The van der Waals surface area contributed by atoms with E-state index in [4.69, 9.17) is 4.42 Å². The molecular weight excluding hydrogens is 304 g/mol. The van der Waals surface area contributed by atoms with Crippen LogP contribution in [0.5, 0.6) is 5.75 Å². The third-order valence-electron chi connectivity index (χ3n) is 4.33. The molecule has 0 spiro atoms. The average Bonchev–Trinajstić information content (AvgIpc) is 3.24. The molecule has 118 valence electrons. The van der Waals surface area contributed by atoms with E-state index in [9.17, 15) is 10.4 Å². The molecule has 4 rings (SSSR count). The molecule has 0 amide bonds. The lowest BCUT2D eigenvalue weighted by molar-refractivity contribution is 0.473. The highest BCUT2D eigenvalue weighted by Gasteiger charge is 2.42. The Kier molecular flexibility index (Phi) is 3.21. The lowest BCUT2D eigenvalue weighted by Gasteiger charge is -2.27. The van der Waals surface area contributed by atoms with Crippen molar-refractivity contribution in [1.82, 2.24) is 5.43 Å². The van der Waals surface area contributed by atoms with Gasteiger partial charge in [0, 0.05) is 11.3 Å². The molecule has 2 aliphatic heterocycles. The van der Waals surface area contributed by atoms with E-state index >= 15 is 0 Å². The third-order valence-corrected chi connectivity index (χ3v) is 4.33. The quantitative estimate of drug-likeness (QED) is 0.890. The number of nitrogens with zero attached hydrogens (tertiary/aromatic N) is 3. The molecule has 24 heavy (non-hydrogen) atoms. The smallest absolute Gasteiger partial charge is 0.132 e. The van der Waals surface area contributed by atoms with Gasteiger partial charge >= 0.3 is 0 Å². The minimum Gasteiger partial charge on any atom is -0.508 e. The maximum Gasteiger partial charge on any atom is 0.132 e. The van der Waals surface area contributed by atoms with E-state index in [1.54, 1.807) is 30.5 Å². The van der Waals surface area contributed by atoms with Gasteiger partial charge in [0.05, 0.1) is 35.4 Å². The van der Waals surface area contributed by atoms with Crippen molar-refractivity contribution in [3.8, 4) is 11.8 Å². The summed E-state index contributed by atoms with van der Waals surface area (Å²) in [6.07, 6.45) is 1.60. The summed E-state index contributed by atoms with van der Waals surface area (Å²) >= 11 is 0. The molecule has 0 bridgehead atoms. The van der Waals surface area contributed by atoms with Crippen molar-refractivity contribution in [3.63, 3.8) is 0 Å².